The van der Waals surface area contributed by atoms with E-state index < -0.39 is 22.9 Å². The van der Waals surface area contributed by atoms with E-state index >= 15 is 0 Å². The smallest absolute Gasteiger partial charge is 0.293 e. The SMILES string of the molecule is O=C(CN1C(=O)CCOc2ccccc21)NCCN1C(=O)S/C(=C\c2ccccc2F)C1=O. The predicted octanol–water partition coefficient (Wildman–Crippen LogP) is 2.79. The molecule has 170 valence electrons. The first-order valence-corrected chi connectivity index (χ1v) is 11.0. The fraction of sp³-hybridized carbons (Fsp3) is 0.217. The molecule has 1 N–H and O–H groups in total. The maximum absolute atomic E-state index is 13.8. The summed E-state index contributed by atoms with van der Waals surface area (Å²) in [5, 5.41) is 2.14. The first-order valence-electron chi connectivity index (χ1n) is 10.2. The number of benzene rings is 2. The Morgan fingerprint density at radius 1 is 1.09 bits per heavy atom. The van der Waals surface area contributed by atoms with E-state index in [4.69, 9.17) is 4.74 Å². The molecule has 0 spiro atoms. The molecule has 8 nitrogen and oxygen atoms in total. The van der Waals surface area contributed by atoms with Crippen LogP contribution in [0.2, 0.25) is 0 Å². The summed E-state index contributed by atoms with van der Waals surface area (Å²) in [6, 6.07) is 12.9. The van der Waals surface area contributed by atoms with E-state index in [-0.39, 0.29) is 49.0 Å². The fourth-order valence-corrected chi connectivity index (χ4v) is 4.28. The lowest BCUT2D eigenvalue weighted by Gasteiger charge is -2.21. The van der Waals surface area contributed by atoms with Crippen molar-refractivity contribution < 1.29 is 28.3 Å². The molecule has 0 radical (unpaired) electrons. The summed E-state index contributed by atoms with van der Waals surface area (Å²) < 4.78 is 19.4. The van der Waals surface area contributed by atoms with Crippen molar-refractivity contribution in [3.8, 4) is 5.75 Å². The van der Waals surface area contributed by atoms with Crippen molar-refractivity contribution in [1.82, 2.24) is 10.2 Å². The largest absolute Gasteiger partial charge is 0.491 e. The van der Waals surface area contributed by atoms with Gasteiger partial charge in [-0.2, -0.15) is 0 Å². The Morgan fingerprint density at radius 3 is 2.67 bits per heavy atom. The number of ether oxygens (including phenoxy) is 1. The molecule has 4 rings (SSSR count). The average molecular weight is 469 g/mol. The molecule has 0 bridgehead atoms. The third-order valence-corrected chi connectivity index (χ3v) is 5.96. The van der Waals surface area contributed by atoms with Crippen molar-refractivity contribution in [3.63, 3.8) is 0 Å². The van der Waals surface area contributed by atoms with Gasteiger partial charge in [-0.25, -0.2) is 4.39 Å². The van der Waals surface area contributed by atoms with Gasteiger partial charge in [-0.05, 0) is 36.0 Å². The molecule has 2 aromatic carbocycles. The fourth-order valence-electron chi connectivity index (χ4n) is 3.43. The summed E-state index contributed by atoms with van der Waals surface area (Å²) in [5.41, 5.74) is 0.724. The zero-order chi connectivity index (χ0) is 23.4. The number of para-hydroxylation sites is 2. The number of carbonyl (C=O) groups is 4. The number of amides is 4. The number of imide groups is 1. The van der Waals surface area contributed by atoms with E-state index in [9.17, 15) is 23.6 Å². The lowest BCUT2D eigenvalue weighted by atomic mass is 10.2. The highest BCUT2D eigenvalue weighted by Crippen LogP contribution is 2.32. The van der Waals surface area contributed by atoms with E-state index in [2.05, 4.69) is 5.32 Å². The lowest BCUT2D eigenvalue weighted by Crippen LogP contribution is -2.43. The molecule has 0 unspecified atom stereocenters. The molecule has 10 heteroatoms. The summed E-state index contributed by atoms with van der Waals surface area (Å²) in [5.74, 6) is -1.19. The van der Waals surface area contributed by atoms with E-state index in [1.165, 1.54) is 29.2 Å². The van der Waals surface area contributed by atoms with Crippen LogP contribution in [0.3, 0.4) is 0 Å². The van der Waals surface area contributed by atoms with Gasteiger partial charge in [0.2, 0.25) is 11.8 Å². The van der Waals surface area contributed by atoms with Crippen LogP contribution >= 0.6 is 11.8 Å². The van der Waals surface area contributed by atoms with Crippen molar-refractivity contribution in [1.29, 1.82) is 0 Å². The topological polar surface area (TPSA) is 96.0 Å². The van der Waals surface area contributed by atoms with Gasteiger partial charge in [0.15, 0.2) is 0 Å². The molecular weight excluding hydrogens is 449 g/mol. The minimum atomic E-state index is -0.545. The Labute approximate surface area is 193 Å². The number of anilines is 1. The Morgan fingerprint density at radius 2 is 1.85 bits per heavy atom. The Hall–Kier alpha value is -3.66. The maximum atomic E-state index is 13.8. The molecule has 2 aliphatic heterocycles. The van der Waals surface area contributed by atoms with Crippen LogP contribution in [0.5, 0.6) is 5.75 Å². The molecule has 1 fully saturated rings. The highest BCUT2D eigenvalue weighted by atomic mass is 32.2. The first-order chi connectivity index (χ1) is 15.9. The number of hydrogen-bond donors (Lipinski definition) is 1. The number of nitrogens with zero attached hydrogens (tertiary/aromatic N) is 2. The van der Waals surface area contributed by atoms with Crippen LogP contribution in [-0.4, -0.2) is 54.1 Å². The van der Waals surface area contributed by atoms with Crippen molar-refractivity contribution in [2.75, 3.05) is 31.1 Å². The van der Waals surface area contributed by atoms with Crippen LogP contribution in [0.25, 0.3) is 6.08 Å². The number of fused-ring (bicyclic) bond motifs is 1. The zero-order valence-corrected chi connectivity index (χ0v) is 18.3. The summed E-state index contributed by atoms with van der Waals surface area (Å²) >= 11 is 0.720. The molecule has 2 heterocycles. The van der Waals surface area contributed by atoms with Crippen LogP contribution in [0.4, 0.5) is 14.9 Å². The van der Waals surface area contributed by atoms with Gasteiger partial charge in [0, 0.05) is 18.7 Å². The molecular formula is C23H20FN3O5S. The van der Waals surface area contributed by atoms with Gasteiger partial charge in [-0.1, -0.05) is 30.3 Å². The average Bonchev–Trinajstić information content (AvgIpc) is 2.96. The van der Waals surface area contributed by atoms with Crippen LogP contribution in [0.1, 0.15) is 12.0 Å². The Bertz CT molecular complexity index is 1150. The molecule has 0 saturated carbocycles. The van der Waals surface area contributed by atoms with Crippen LogP contribution < -0.4 is 15.0 Å². The third-order valence-electron chi connectivity index (χ3n) is 5.06. The van der Waals surface area contributed by atoms with Crippen molar-refractivity contribution >= 4 is 46.5 Å². The highest BCUT2D eigenvalue weighted by molar-refractivity contribution is 8.18. The normalized spacial score (nSPS) is 17.1. The van der Waals surface area contributed by atoms with Crippen LogP contribution in [0, 0.1) is 5.82 Å². The van der Waals surface area contributed by atoms with E-state index in [0.29, 0.717) is 11.4 Å². The quantitative estimate of drug-likeness (QED) is 0.654. The van der Waals surface area contributed by atoms with Crippen molar-refractivity contribution in [3.05, 3.63) is 64.8 Å². The van der Waals surface area contributed by atoms with Crippen molar-refractivity contribution in [2.24, 2.45) is 0 Å². The summed E-state index contributed by atoms with van der Waals surface area (Å²) in [7, 11) is 0. The highest BCUT2D eigenvalue weighted by Gasteiger charge is 2.35. The molecule has 2 aromatic rings. The lowest BCUT2D eigenvalue weighted by molar-refractivity contribution is -0.124. The summed E-state index contributed by atoms with van der Waals surface area (Å²) in [6.07, 6.45) is 1.48. The monoisotopic (exact) mass is 469 g/mol. The van der Waals surface area contributed by atoms with Crippen LogP contribution in [0.15, 0.2) is 53.4 Å². The second kappa shape index (κ2) is 9.86. The first kappa shape index (κ1) is 22.5. The summed E-state index contributed by atoms with van der Waals surface area (Å²) in [4.78, 5) is 52.2. The molecule has 0 aromatic heterocycles. The van der Waals surface area contributed by atoms with Gasteiger partial charge in [0.25, 0.3) is 11.1 Å². The number of thioether (sulfide) groups is 1. The molecule has 0 aliphatic carbocycles. The van der Waals surface area contributed by atoms with Crippen molar-refractivity contribution in [2.45, 2.75) is 6.42 Å². The zero-order valence-electron chi connectivity index (χ0n) is 17.5. The molecule has 2 aliphatic rings. The Kier molecular flexibility index (Phi) is 6.74. The molecule has 0 atom stereocenters. The number of carbonyl (C=O) groups excluding carboxylic acids is 4. The van der Waals surface area contributed by atoms with E-state index in [1.54, 1.807) is 30.3 Å². The number of rotatable bonds is 6. The Balaban J connectivity index is 1.34. The van der Waals surface area contributed by atoms with Gasteiger partial charge in [-0.15, -0.1) is 0 Å². The van der Waals surface area contributed by atoms with Gasteiger partial charge >= 0.3 is 0 Å². The number of halogens is 1. The second-order valence-electron chi connectivity index (χ2n) is 7.25. The van der Waals surface area contributed by atoms with E-state index in [1.807, 2.05) is 0 Å². The van der Waals surface area contributed by atoms with Gasteiger partial charge in [0.05, 0.1) is 23.6 Å². The van der Waals surface area contributed by atoms with E-state index in [0.717, 1.165) is 16.7 Å². The number of nitrogens with one attached hydrogen (secondary N) is 1. The van der Waals surface area contributed by atoms with Gasteiger partial charge < -0.3 is 10.1 Å². The standard InChI is InChI=1S/C23H20FN3O5S/c24-16-6-2-1-5-15(16)13-19-22(30)26(23(31)33-19)11-10-25-20(28)14-27-17-7-3-4-8-18(17)32-12-9-21(27)29/h1-8,13H,9-12,14H2,(H,25,28)/b19-13-. The minimum absolute atomic E-state index is 0.0179. The maximum Gasteiger partial charge on any atom is 0.293 e. The van der Waals surface area contributed by atoms with Gasteiger partial charge in [0.1, 0.15) is 18.1 Å². The summed E-state index contributed by atoms with van der Waals surface area (Å²) in [6.45, 7) is -0.00940. The minimum Gasteiger partial charge on any atom is -0.491 e. The number of hydrogen-bond acceptors (Lipinski definition) is 6. The predicted molar refractivity (Wildman–Crippen MR) is 121 cm³/mol. The second-order valence-corrected chi connectivity index (χ2v) is 8.24. The molecule has 4 amide bonds. The molecule has 1 saturated heterocycles. The third kappa shape index (κ3) is 5.06. The molecule has 33 heavy (non-hydrogen) atoms. The van der Waals surface area contributed by atoms with Crippen LogP contribution in [-0.2, 0) is 14.4 Å². The van der Waals surface area contributed by atoms with Gasteiger partial charge in [-0.3, -0.25) is 29.0 Å².